The molecule has 1 amide bonds. The van der Waals surface area contributed by atoms with Gasteiger partial charge in [-0.3, -0.25) is 9.79 Å². The van der Waals surface area contributed by atoms with Crippen LogP contribution in [0.1, 0.15) is 42.1 Å². The van der Waals surface area contributed by atoms with E-state index < -0.39 is 0 Å². The van der Waals surface area contributed by atoms with Crippen LogP contribution in [0.3, 0.4) is 0 Å². The van der Waals surface area contributed by atoms with Crippen molar-refractivity contribution in [2.24, 2.45) is 4.99 Å². The van der Waals surface area contributed by atoms with E-state index in [2.05, 4.69) is 22.5 Å². The fraction of sp³-hybridized carbons (Fsp3) is 0.636. The average molecular weight is 405 g/mol. The molecule has 1 fully saturated rings. The van der Waals surface area contributed by atoms with Gasteiger partial charge < -0.3 is 25.0 Å². The molecule has 1 saturated heterocycles. The van der Waals surface area contributed by atoms with Crippen molar-refractivity contribution in [1.29, 1.82) is 0 Å². The topological polar surface area (TPSA) is 75.2 Å². The highest BCUT2D eigenvalue weighted by Gasteiger charge is 2.14. The van der Waals surface area contributed by atoms with Gasteiger partial charge in [0.1, 0.15) is 0 Å². The van der Waals surface area contributed by atoms with Crippen LogP contribution in [0.4, 0.5) is 0 Å². The van der Waals surface area contributed by atoms with Gasteiger partial charge in [0.15, 0.2) is 5.96 Å². The molecule has 1 aliphatic heterocycles. The Labute approximate surface area is 174 Å². The lowest BCUT2D eigenvalue weighted by Crippen LogP contribution is -2.38. The zero-order valence-electron chi connectivity index (χ0n) is 18.1. The van der Waals surface area contributed by atoms with Crippen LogP contribution >= 0.6 is 0 Å². The first-order valence-corrected chi connectivity index (χ1v) is 10.6. The monoisotopic (exact) mass is 404 g/mol. The quantitative estimate of drug-likeness (QED) is 0.336. The standard InChI is InChI=1S/C22H36N4O3/c1-4-23-22(24-12-7-14-28-17-20-10-6-15-29-20)25-13-11-18-8-5-9-19(16-18)21(27)26(2)3/h5,8-9,16,20H,4,6-7,10-15,17H2,1-3H3,(H2,23,24,25). The first kappa shape index (κ1) is 23.2. The van der Waals surface area contributed by atoms with Crippen LogP contribution in [0.25, 0.3) is 0 Å². The van der Waals surface area contributed by atoms with Crippen molar-refractivity contribution in [2.45, 2.75) is 38.7 Å². The molecule has 0 bridgehead atoms. The molecule has 1 aliphatic rings. The Morgan fingerprint density at radius 2 is 2.21 bits per heavy atom. The number of amides is 1. The van der Waals surface area contributed by atoms with Gasteiger partial charge in [-0.25, -0.2) is 0 Å². The van der Waals surface area contributed by atoms with E-state index in [9.17, 15) is 4.79 Å². The zero-order valence-corrected chi connectivity index (χ0v) is 18.1. The van der Waals surface area contributed by atoms with Crippen LogP contribution < -0.4 is 10.6 Å². The van der Waals surface area contributed by atoms with Crippen molar-refractivity contribution in [2.75, 3.05) is 53.6 Å². The summed E-state index contributed by atoms with van der Waals surface area (Å²) < 4.78 is 11.2. The third-order valence-electron chi connectivity index (χ3n) is 4.67. The van der Waals surface area contributed by atoms with Crippen molar-refractivity contribution in [3.63, 3.8) is 0 Å². The first-order chi connectivity index (χ1) is 14.1. The number of nitrogens with one attached hydrogen (secondary N) is 2. The largest absolute Gasteiger partial charge is 0.379 e. The van der Waals surface area contributed by atoms with Crippen molar-refractivity contribution in [3.8, 4) is 0 Å². The minimum absolute atomic E-state index is 0.0245. The van der Waals surface area contributed by atoms with Gasteiger partial charge in [-0.05, 0) is 50.3 Å². The van der Waals surface area contributed by atoms with Crippen molar-refractivity contribution in [1.82, 2.24) is 15.5 Å². The normalized spacial score (nSPS) is 16.7. The van der Waals surface area contributed by atoms with Gasteiger partial charge in [-0.15, -0.1) is 0 Å². The van der Waals surface area contributed by atoms with Crippen LogP contribution in [0.5, 0.6) is 0 Å². The van der Waals surface area contributed by atoms with Gasteiger partial charge in [-0.2, -0.15) is 0 Å². The third-order valence-corrected chi connectivity index (χ3v) is 4.67. The molecule has 1 atom stereocenters. The third kappa shape index (κ3) is 8.83. The Balaban J connectivity index is 1.69. The fourth-order valence-corrected chi connectivity index (χ4v) is 3.13. The lowest BCUT2D eigenvalue weighted by molar-refractivity contribution is 0.0171. The average Bonchev–Trinajstić information content (AvgIpc) is 3.23. The first-order valence-electron chi connectivity index (χ1n) is 10.6. The molecule has 2 N–H and O–H groups in total. The Morgan fingerprint density at radius 1 is 1.34 bits per heavy atom. The van der Waals surface area contributed by atoms with E-state index in [1.807, 2.05) is 24.3 Å². The smallest absolute Gasteiger partial charge is 0.253 e. The summed E-state index contributed by atoms with van der Waals surface area (Å²) in [5.74, 6) is 0.837. The van der Waals surface area contributed by atoms with Gasteiger partial charge in [0.2, 0.25) is 0 Å². The lowest BCUT2D eigenvalue weighted by atomic mass is 10.1. The van der Waals surface area contributed by atoms with Crippen LogP contribution in [0, 0.1) is 0 Å². The second-order valence-corrected chi connectivity index (χ2v) is 7.40. The summed E-state index contributed by atoms with van der Waals surface area (Å²) in [7, 11) is 3.53. The van der Waals surface area contributed by atoms with Crippen LogP contribution in [-0.2, 0) is 15.9 Å². The molecule has 0 aliphatic carbocycles. The molecule has 29 heavy (non-hydrogen) atoms. The Kier molecular flexibility index (Phi) is 10.5. The van der Waals surface area contributed by atoms with E-state index in [1.165, 1.54) is 0 Å². The van der Waals surface area contributed by atoms with Gasteiger partial charge in [0, 0.05) is 52.5 Å². The van der Waals surface area contributed by atoms with E-state index in [0.29, 0.717) is 19.8 Å². The molecule has 1 aromatic rings. The molecular formula is C22H36N4O3. The van der Waals surface area contributed by atoms with E-state index in [1.54, 1.807) is 19.0 Å². The van der Waals surface area contributed by atoms with Crippen molar-refractivity contribution in [3.05, 3.63) is 35.4 Å². The molecule has 2 rings (SSSR count). The summed E-state index contributed by atoms with van der Waals surface area (Å²) in [5.41, 5.74) is 1.85. The number of carbonyl (C=O) groups is 1. The molecule has 162 valence electrons. The second kappa shape index (κ2) is 13.2. The number of nitrogens with zero attached hydrogens (tertiary/aromatic N) is 2. The summed E-state index contributed by atoms with van der Waals surface area (Å²) in [4.78, 5) is 18.3. The Hall–Kier alpha value is -2.12. The number of guanidine groups is 1. The maximum Gasteiger partial charge on any atom is 0.253 e. The molecule has 0 spiro atoms. The highest BCUT2D eigenvalue weighted by Crippen LogP contribution is 2.12. The summed E-state index contributed by atoms with van der Waals surface area (Å²) in [6.45, 7) is 6.60. The number of hydrogen-bond acceptors (Lipinski definition) is 4. The molecular weight excluding hydrogens is 368 g/mol. The number of benzene rings is 1. The van der Waals surface area contributed by atoms with Gasteiger partial charge in [0.05, 0.1) is 12.7 Å². The van der Waals surface area contributed by atoms with Crippen molar-refractivity contribution < 1.29 is 14.3 Å². The number of ether oxygens (including phenoxy) is 2. The molecule has 1 aromatic carbocycles. The summed E-state index contributed by atoms with van der Waals surface area (Å²) >= 11 is 0. The predicted molar refractivity (Wildman–Crippen MR) is 117 cm³/mol. The van der Waals surface area contributed by atoms with E-state index >= 15 is 0 Å². The van der Waals surface area contributed by atoms with E-state index in [0.717, 1.165) is 62.5 Å². The molecule has 1 unspecified atom stereocenters. The number of aliphatic imine (C=N–C) groups is 1. The molecule has 1 heterocycles. The maximum atomic E-state index is 12.1. The molecule has 0 saturated carbocycles. The maximum absolute atomic E-state index is 12.1. The zero-order chi connectivity index (χ0) is 20.9. The van der Waals surface area contributed by atoms with Crippen LogP contribution in [-0.4, -0.2) is 76.4 Å². The minimum Gasteiger partial charge on any atom is -0.379 e. The van der Waals surface area contributed by atoms with Crippen LogP contribution in [0.2, 0.25) is 0 Å². The number of rotatable bonds is 11. The lowest BCUT2D eigenvalue weighted by Gasteiger charge is -2.13. The fourth-order valence-electron chi connectivity index (χ4n) is 3.13. The molecule has 0 aromatic heterocycles. The Morgan fingerprint density at radius 3 is 2.93 bits per heavy atom. The SMILES string of the molecule is CCNC(=NCCCOCC1CCCO1)NCCc1cccc(C(=O)N(C)C)c1. The van der Waals surface area contributed by atoms with Gasteiger partial charge in [-0.1, -0.05) is 12.1 Å². The van der Waals surface area contributed by atoms with Crippen molar-refractivity contribution >= 4 is 11.9 Å². The second-order valence-electron chi connectivity index (χ2n) is 7.40. The van der Waals surface area contributed by atoms with E-state index in [4.69, 9.17) is 9.47 Å². The molecule has 0 radical (unpaired) electrons. The molecule has 7 heteroatoms. The van der Waals surface area contributed by atoms with Crippen LogP contribution in [0.15, 0.2) is 29.3 Å². The summed E-state index contributed by atoms with van der Waals surface area (Å²) in [6.07, 6.45) is 4.25. The highest BCUT2D eigenvalue weighted by molar-refractivity contribution is 5.94. The summed E-state index contributed by atoms with van der Waals surface area (Å²) in [5, 5.41) is 6.63. The molecule has 7 nitrogen and oxygen atoms in total. The predicted octanol–water partition coefficient (Wildman–Crippen LogP) is 2.07. The van der Waals surface area contributed by atoms with Gasteiger partial charge >= 0.3 is 0 Å². The number of carbonyl (C=O) groups excluding carboxylic acids is 1. The van der Waals surface area contributed by atoms with E-state index in [-0.39, 0.29) is 12.0 Å². The summed E-state index contributed by atoms with van der Waals surface area (Å²) in [6, 6.07) is 7.79. The minimum atomic E-state index is 0.0245. The van der Waals surface area contributed by atoms with Gasteiger partial charge in [0.25, 0.3) is 5.91 Å². The Bertz CT molecular complexity index is 643. The number of hydrogen-bond donors (Lipinski definition) is 2. The highest BCUT2D eigenvalue weighted by atomic mass is 16.5.